The molecule has 0 amide bonds. The zero-order chi connectivity index (χ0) is 15.0. The summed E-state index contributed by atoms with van der Waals surface area (Å²) in [5.41, 5.74) is 1.37. The van der Waals surface area contributed by atoms with E-state index < -0.39 is 5.97 Å². The maximum Gasteiger partial charge on any atom is 0.340 e. The van der Waals surface area contributed by atoms with Crippen molar-refractivity contribution in [2.75, 3.05) is 0 Å². The van der Waals surface area contributed by atoms with E-state index in [9.17, 15) is 9.90 Å². The number of aromatic nitrogens is 2. The molecule has 2 aromatic rings. The fraction of sp³-hybridized carbons (Fsp3) is 0.333. The van der Waals surface area contributed by atoms with E-state index in [1.165, 1.54) is 4.68 Å². The fourth-order valence-electron chi connectivity index (χ4n) is 2.87. The van der Waals surface area contributed by atoms with Crippen LogP contribution in [0.4, 0.5) is 0 Å². The van der Waals surface area contributed by atoms with E-state index in [0.717, 1.165) is 25.7 Å². The molecule has 0 aliphatic heterocycles. The van der Waals surface area contributed by atoms with E-state index in [2.05, 4.69) is 5.10 Å². The van der Waals surface area contributed by atoms with Crippen LogP contribution in [-0.2, 0) is 0 Å². The number of carbonyl (C=O) groups is 1. The molecule has 1 aliphatic carbocycles. The van der Waals surface area contributed by atoms with Crippen LogP contribution in [0.5, 0.6) is 0 Å². The van der Waals surface area contributed by atoms with Crippen LogP contribution in [0.1, 0.15) is 47.7 Å². The molecule has 3 rings (SSSR count). The Labute approximate surface area is 132 Å². The lowest BCUT2D eigenvalue weighted by Gasteiger charge is -2.06. The Balaban J connectivity index is 2.14. The number of halogens is 2. The molecule has 0 radical (unpaired) electrons. The molecule has 4 nitrogen and oxygen atoms in total. The second-order valence-corrected chi connectivity index (χ2v) is 6.02. The van der Waals surface area contributed by atoms with Crippen LogP contribution < -0.4 is 0 Å². The van der Waals surface area contributed by atoms with Gasteiger partial charge in [-0.3, -0.25) is 0 Å². The monoisotopic (exact) mass is 324 g/mol. The molecule has 0 unspecified atom stereocenters. The molecule has 0 atom stereocenters. The fourth-order valence-corrected chi connectivity index (χ4v) is 3.37. The summed E-state index contributed by atoms with van der Waals surface area (Å²) in [5, 5.41) is 14.6. The van der Waals surface area contributed by atoms with Gasteiger partial charge in [0.15, 0.2) is 0 Å². The van der Waals surface area contributed by atoms with E-state index in [0.29, 0.717) is 16.4 Å². The minimum atomic E-state index is -1.03. The number of hydrogen-bond donors (Lipinski definition) is 1. The van der Waals surface area contributed by atoms with Crippen LogP contribution in [0.3, 0.4) is 0 Å². The van der Waals surface area contributed by atoms with E-state index in [1.807, 2.05) is 0 Å². The molecule has 1 heterocycles. The van der Waals surface area contributed by atoms with Crippen molar-refractivity contribution >= 4 is 29.2 Å². The maximum atomic E-state index is 11.5. The highest BCUT2D eigenvalue weighted by molar-refractivity contribution is 6.33. The Hall–Kier alpha value is -1.52. The number of hydrogen-bond acceptors (Lipinski definition) is 2. The van der Waals surface area contributed by atoms with Gasteiger partial charge in [-0.05, 0) is 31.0 Å². The first kappa shape index (κ1) is 14.4. The topological polar surface area (TPSA) is 55.1 Å². The second kappa shape index (κ2) is 5.70. The van der Waals surface area contributed by atoms with Gasteiger partial charge < -0.3 is 5.11 Å². The molecule has 1 aromatic carbocycles. The van der Waals surface area contributed by atoms with Gasteiger partial charge in [-0.1, -0.05) is 42.1 Å². The summed E-state index contributed by atoms with van der Waals surface area (Å²) in [4.78, 5) is 11.5. The lowest BCUT2D eigenvalue weighted by atomic mass is 10.0. The molecular formula is C15H14Cl2N2O2. The first-order valence-electron chi connectivity index (χ1n) is 6.85. The molecule has 1 fully saturated rings. The zero-order valence-corrected chi connectivity index (χ0v) is 12.7. The molecule has 1 aromatic heterocycles. The third kappa shape index (κ3) is 2.65. The van der Waals surface area contributed by atoms with Crippen molar-refractivity contribution in [3.63, 3.8) is 0 Å². The number of nitrogens with zero attached hydrogens (tertiary/aromatic N) is 2. The van der Waals surface area contributed by atoms with Gasteiger partial charge in [0.2, 0.25) is 0 Å². The first-order chi connectivity index (χ1) is 10.1. The van der Waals surface area contributed by atoms with Crippen LogP contribution >= 0.6 is 23.2 Å². The second-order valence-electron chi connectivity index (χ2n) is 5.23. The summed E-state index contributed by atoms with van der Waals surface area (Å²) in [7, 11) is 0. The Morgan fingerprint density at radius 2 is 2.00 bits per heavy atom. The molecule has 6 heteroatoms. The van der Waals surface area contributed by atoms with Gasteiger partial charge in [-0.15, -0.1) is 0 Å². The first-order valence-corrected chi connectivity index (χ1v) is 7.61. The van der Waals surface area contributed by atoms with Crippen LogP contribution in [0.2, 0.25) is 10.2 Å². The average Bonchev–Trinajstić information content (AvgIpc) is 3.05. The highest BCUT2D eigenvalue weighted by atomic mass is 35.5. The van der Waals surface area contributed by atoms with Gasteiger partial charge in [0.1, 0.15) is 10.7 Å². The molecule has 0 saturated heterocycles. The van der Waals surface area contributed by atoms with Crippen molar-refractivity contribution in [1.82, 2.24) is 9.78 Å². The number of carboxylic acids is 1. The summed E-state index contributed by atoms with van der Waals surface area (Å²) >= 11 is 12.2. The van der Waals surface area contributed by atoms with Crippen LogP contribution in [0, 0.1) is 0 Å². The molecular weight excluding hydrogens is 311 g/mol. The van der Waals surface area contributed by atoms with Gasteiger partial charge in [0.05, 0.1) is 11.4 Å². The molecule has 0 bridgehead atoms. The summed E-state index contributed by atoms with van der Waals surface area (Å²) in [6, 6.07) is 7.04. The van der Waals surface area contributed by atoms with Crippen molar-refractivity contribution in [2.24, 2.45) is 0 Å². The van der Waals surface area contributed by atoms with E-state index in [1.54, 1.807) is 24.3 Å². The molecule has 1 saturated carbocycles. The van der Waals surface area contributed by atoms with Crippen molar-refractivity contribution in [2.45, 2.75) is 31.6 Å². The Kier molecular flexibility index (Phi) is 3.91. The highest BCUT2D eigenvalue weighted by Gasteiger charge is 2.30. The quantitative estimate of drug-likeness (QED) is 0.902. The summed E-state index contributed by atoms with van der Waals surface area (Å²) in [5.74, 6) is -0.857. The van der Waals surface area contributed by atoms with Gasteiger partial charge in [0, 0.05) is 10.9 Å². The van der Waals surface area contributed by atoms with Gasteiger partial charge in [0.25, 0.3) is 0 Å². The molecule has 110 valence electrons. The lowest BCUT2D eigenvalue weighted by Crippen LogP contribution is -2.04. The third-order valence-electron chi connectivity index (χ3n) is 3.86. The average molecular weight is 325 g/mol. The van der Waals surface area contributed by atoms with Gasteiger partial charge in [-0.2, -0.15) is 5.10 Å². The maximum absolute atomic E-state index is 11.5. The molecule has 21 heavy (non-hydrogen) atoms. The summed E-state index contributed by atoms with van der Waals surface area (Å²) < 4.78 is 1.46. The third-order valence-corrected chi connectivity index (χ3v) is 4.45. The zero-order valence-electron chi connectivity index (χ0n) is 11.2. The number of aromatic carboxylic acids is 1. The largest absolute Gasteiger partial charge is 0.478 e. The van der Waals surface area contributed by atoms with E-state index in [4.69, 9.17) is 23.2 Å². The Bertz CT molecular complexity index is 691. The van der Waals surface area contributed by atoms with Crippen molar-refractivity contribution in [3.8, 4) is 5.69 Å². The summed E-state index contributed by atoms with van der Waals surface area (Å²) in [6.45, 7) is 0. The molecule has 1 N–H and O–H groups in total. The normalized spacial score (nSPS) is 15.5. The number of benzene rings is 1. The highest BCUT2D eigenvalue weighted by Crippen LogP contribution is 2.38. The van der Waals surface area contributed by atoms with E-state index in [-0.39, 0.29) is 16.6 Å². The van der Waals surface area contributed by atoms with Crippen LogP contribution in [0.25, 0.3) is 5.69 Å². The minimum absolute atomic E-state index is 0.114. The standard InChI is InChI=1S/C15H14Cl2N2O2/c16-10-6-3-7-11(8-10)19-14(17)12(15(20)21)13(18-19)9-4-1-2-5-9/h3,6-9H,1-2,4-5H2,(H,20,21). The number of rotatable bonds is 3. The Morgan fingerprint density at radius 1 is 1.29 bits per heavy atom. The van der Waals surface area contributed by atoms with Crippen LogP contribution in [-0.4, -0.2) is 20.9 Å². The SMILES string of the molecule is O=C(O)c1c(C2CCCC2)nn(-c2cccc(Cl)c2)c1Cl. The molecule has 1 aliphatic rings. The number of carboxylic acid groups (broad SMARTS) is 1. The van der Waals surface area contributed by atoms with Crippen molar-refractivity contribution < 1.29 is 9.90 Å². The van der Waals surface area contributed by atoms with Crippen LogP contribution in [0.15, 0.2) is 24.3 Å². The predicted molar refractivity (Wildman–Crippen MR) is 81.8 cm³/mol. The predicted octanol–water partition coefficient (Wildman–Crippen LogP) is 4.53. The lowest BCUT2D eigenvalue weighted by molar-refractivity contribution is 0.0695. The van der Waals surface area contributed by atoms with Gasteiger partial charge >= 0.3 is 5.97 Å². The van der Waals surface area contributed by atoms with Gasteiger partial charge in [-0.25, -0.2) is 9.48 Å². The van der Waals surface area contributed by atoms with E-state index >= 15 is 0 Å². The smallest absolute Gasteiger partial charge is 0.340 e. The van der Waals surface area contributed by atoms with Crippen molar-refractivity contribution in [1.29, 1.82) is 0 Å². The summed E-state index contributed by atoms with van der Waals surface area (Å²) in [6.07, 6.45) is 4.13. The van der Waals surface area contributed by atoms with Crippen molar-refractivity contribution in [3.05, 3.63) is 45.7 Å². The minimum Gasteiger partial charge on any atom is -0.478 e. The Morgan fingerprint density at radius 3 is 2.62 bits per heavy atom. The molecule has 0 spiro atoms.